The molecule has 0 spiro atoms. The minimum atomic E-state index is -0.00701. The van der Waals surface area contributed by atoms with Gasteiger partial charge in [0, 0.05) is 18.3 Å². The van der Waals surface area contributed by atoms with Gasteiger partial charge in [0.2, 0.25) is 0 Å². The summed E-state index contributed by atoms with van der Waals surface area (Å²) in [4.78, 5) is 15.5. The molecule has 1 fully saturated rings. The highest BCUT2D eigenvalue weighted by Crippen LogP contribution is 2.19. The molecular weight excluding hydrogens is 192 g/mol. The number of aromatic nitrogens is 3. The Kier molecular flexibility index (Phi) is 1.85. The molecule has 78 valence electrons. The van der Waals surface area contributed by atoms with Gasteiger partial charge in [-0.1, -0.05) is 0 Å². The zero-order chi connectivity index (χ0) is 10.3. The number of H-pyrrole nitrogens is 1. The summed E-state index contributed by atoms with van der Waals surface area (Å²) < 4.78 is 1.77. The lowest BCUT2D eigenvalue weighted by Crippen LogP contribution is -2.14. The molecule has 1 unspecified atom stereocenters. The van der Waals surface area contributed by atoms with Crippen molar-refractivity contribution in [2.45, 2.75) is 18.9 Å². The van der Waals surface area contributed by atoms with Crippen molar-refractivity contribution in [1.82, 2.24) is 19.9 Å². The molecule has 15 heavy (non-hydrogen) atoms. The number of aromatic amines is 1. The number of rotatable bonds is 1. The third kappa shape index (κ3) is 1.45. The minimum absolute atomic E-state index is 0.00701. The fourth-order valence-electron chi connectivity index (χ4n) is 2.00. The molecule has 0 bridgehead atoms. The maximum absolute atomic E-state index is 11.1. The lowest BCUT2D eigenvalue weighted by atomic mass is 10.2. The molecule has 5 heteroatoms. The molecule has 1 atom stereocenters. The number of hydrogen-bond acceptors (Lipinski definition) is 3. The van der Waals surface area contributed by atoms with Crippen molar-refractivity contribution in [2.24, 2.45) is 0 Å². The minimum Gasteiger partial charge on any atom is -0.307 e. The molecule has 1 aliphatic rings. The van der Waals surface area contributed by atoms with E-state index < -0.39 is 0 Å². The Morgan fingerprint density at radius 2 is 2.47 bits per heavy atom. The number of hydrogen-bond donors (Lipinski definition) is 2. The fraction of sp³-hybridized carbons (Fsp3) is 0.400. The van der Waals surface area contributed by atoms with Crippen LogP contribution in [0.3, 0.4) is 0 Å². The Hall–Kier alpha value is -1.62. The van der Waals surface area contributed by atoms with Gasteiger partial charge in [0.25, 0.3) is 0 Å². The predicted molar refractivity (Wildman–Crippen MR) is 55.8 cm³/mol. The van der Waals surface area contributed by atoms with Crippen LogP contribution in [0.5, 0.6) is 0 Å². The standard InChI is InChI=1S/C10H12N4O/c15-7-3-5-14-9(6-7)12-10(13-14)8-2-1-4-11-8/h3,5-6,8,11H,1-2,4H2,(H,12,13). The molecule has 0 saturated carbocycles. The Balaban J connectivity index is 2.09. The van der Waals surface area contributed by atoms with Crippen LogP contribution >= 0.6 is 0 Å². The quantitative estimate of drug-likeness (QED) is 0.708. The molecule has 0 radical (unpaired) electrons. The van der Waals surface area contributed by atoms with Crippen molar-refractivity contribution in [2.75, 3.05) is 6.54 Å². The molecule has 2 N–H and O–H groups in total. The smallest absolute Gasteiger partial charge is 0.183 e. The van der Waals surface area contributed by atoms with Crippen molar-refractivity contribution < 1.29 is 0 Å². The van der Waals surface area contributed by atoms with Gasteiger partial charge >= 0.3 is 0 Å². The summed E-state index contributed by atoms with van der Waals surface area (Å²) >= 11 is 0. The van der Waals surface area contributed by atoms with Gasteiger partial charge in [-0.3, -0.25) is 9.89 Å². The summed E-state index contributed by atoms with van der Waals surface area (Å²) in [6.45, 7) is 1.04. The predicted octanol–water partition coefficient (Wildman–Crippen LogP) is 0.447. The summed E-state index contributed by atoms with van der Waals surface area (Å²) in [6.07, 6.45) is 3.99. The first kappa shape index (κ1) is 8.67. The normalized spacial score (nSPS) is 21.2. The van der Waals surface area contributed by atoms with Crippen molar-refractivity contribution in [3.63, 3.8) is 0 Å². The van der Waals surface area contributed by atoms with Gasteiger partial charge in [0.15, 0.2) is 11.1 Å². The van der Waals surface area contributed by atoms with Crippen molar-refractivity contribution in [3.8, 4) is 0 Å². The van der Waals surface area contributed by atoms with E-state index in [-0.39, 0.29) is 5.43 Å². The zero-order valence-corrected chi connectivity index (χ0v) is 8.23. The van der Waals surface area contributed by atoms with E-state index in [1.165, 1.54) is 18.6 Å². The molecule has 3 rings (SSSR count). The highest BCUT2D eigenvalue weighted by atomic mass is 16.1. The van der Waals surface area contributed by atoms with Crippen LogP contribution in [0.2, 0.25) is 0 Å². The van der Waals surface area contributed by atoms with E-state index in [0.29, 0.717) is 11.7 Å². The van der Waals surface area contributed by atoms with Crippen LogP contribution in [-0.4, -0.2) is 21.1 Å². The first-order chi connectivity index (χ1) is 7.33. The van der Waals surface area contributed by atoms with E-state index in [1.54, 1.807) is 10.7 Å². The average molecular weight is 204 g/mol. The van der Waals surface area contributed by atoms with Crippen LogP contribution < -0.4 is 10.7 Å². The van der Waals surface area contributed by atoms with Crippen LogP contribution in [0.25, 0.3) is 5.65 Å². The number of nitrogens with zero attached hydrogens (tertiary/aromatic N) is 2. The molecule has 2 aromatic rings. The lowest BCUT2D eigenvalue weighted by Gasteiger charge is -2.03. The fourth-order valence-corrected chi connectivity index (χ4v) is 2.00. The Bertz CT molecular complexity index is 536. The van der Waals surface area contributed by atoms with Gasteiger partial charge in [-0.25, -0.2) is 9.50 Å². The lowest BCUT2D eigenvalue weighted by molar-refractivity contribution is 0.604. The van der Waals surface area contributed by atoms with Crippen LogP contribution in [0.15, 0.2) is 23.1 Å². The van der Waals surface area contributed by atoms with E-state index in [1.807, 2.05) is 0 Å². The van der Waals surface area contributed by atoms with E-state index >= 15 is 0 Å². The van der Waals surface area contributed by atoms with Gasteiger partial charge in [-0.15, -0.1) is 0 Å². The molecule has 5 nitrogen and oxygen atoms in total. The first-order valence-corrected chi connectivity index (χ1v) is 5.15. The number of nitrogens with one attached hydrogen (secondary N) is 2. The van der Waals surface area contributed by atoms with Gasteiger partial charge in [0.1, 0.15) is 5.82 Å². The second-order valence-corrected chi connectivity index (χ2v) is 3.85. The first-order valence-electron chi connectivity index (χ1n) is 5.15. The second-order valence-electron chi connectivity index (χ2n) is 3.85. The van der Waals surface area contributed by atoms with Crippen LogP contribution in [0.4, 0.5) is 0 Å². The zero-order valence-electron chi connectivity index (χ0n) is 8.23. The topological polar surface area (TPSA) is 62.2 Å². The largest absolute Gasteiger partial charge is 0.307 e. The van der Waals surface area contributed by atoms with E-state index in [4.69, 9.17) is 0 Å². The molecule has 0 aliphatic carbocycles. The third-order valence-electron chi connectivity index (χ3n) is 2.77. The van der Waals surface area contributed by atoms with E-state index in [2.05, 4.69) is 15.4 Å². The summed E-state index contributed by atoms with van der Waals surface area (Å²) in [7, 11) is 0. The van der Waals surface area contributed by atoms with Crippen molar-refractivity contribution in [3.05, 3.63) is 34.4 Å². The summed E-state index contributed by atoms with van der Waals surface area (Å²) in [5.74, 6) is 0.915. The van der Waals surface area contributed by atoms with Crippen molar-refractivity contribution >= 4 is 5.65 Å². The molecule has 3 heterocycles. The highest BCUT2D eigenvalue weighted by Gasteiger charge is 2.19. The van der Waals surface area contributed by atoms with Crippen LogP contribution in [0.1, 0.15) is 24.7 Å². The molecule has 0 aromatic carbocycles. The molecule has 1 aliphatic heterocycles. The van der Waals surface area contributed by atoms with Crippen LogP contribution in [0, 0.1) is 0 Å². The van der Waals surface area contributed by atoms with Gasteiger partial charge < -0.3 is 5.32 Å². The summed E-state index contributed by atoms with van der Waals surface area (Å²) in [6, 6.07) is 3.37. The third-order valence-corrected chi connectivity index (χ3v) is 2.77. The number of pyridine rings is 1. The summed E-state index contributed by atoms with van der Waals surface area (Å²) in [5.41, 5.74) is 0.679. The van der Waals surface area contributed by atoms with Gasteiger partial charge in [0.05, 0.1) is 6.04 Å². The molecular formula is C10H12N4O. The maximum atomic E-state index is 11.1. The monoisotopic (exact) mass is 204 g/mol. The highest BCUT2D eigenvalue weighted by molar-refractivity contribution is 5.36. The Morgan fingerprint density at radius 3 is 3.27 bits per heavy atom. The average Bonchev–Trinajstić information content (AvgIpc) is 2.84. The van der Waals surface area contributed by atoms with Crippen LogP contribution in [-0.2, 0) is 0 Å². The summed E-state index contributed by atoms with van der Waals surface area (Å²) in [5, 5.41) is 6.53. The second kappa shape index (κ2) is 3.20. The maximum Gasteiger partial charge on any atom is 0.183 e. The Morgan fingerprint density at radius 1 is 1.53 bits per heavy atom. The molecule has 2 aromatic heterocycles. The van der Waals surface area contributed by atoms with Crippen molar-refractivity contribution in [1.29, 1.82) is 0 Å². The van der Waals surface area contributed by atoms with E-state index in [9.17, 15) is 4.79 Å². The SMILES string of the molecule is O=c1ccn2[nH]c(C3CCCN3)nc2c1. The molecule has 1 saturated heterocycles. The van der Waals surface area contributed by atoms with Gasteiger partial charge in [-0.05, 0) is 19.4 Å². The number of fused-ring (bicyclic) bond motifs is 1. The van der Waals surface area contributed by atoms with Gasteiger partial charge in [-0.2, -0.15) is 0 Å². The van der Waals surface area contributed by atoms with E-state index in [0.717, 1.165) is 18.8 Å². The Labute approximate surface area is 86.1 Å². The molecule has 0 amide bonds.